The van der Waals surface area contributed by atoms with Gasteiger partial charge in [0.2, 0.25) is 5.91 Å². The van der Waals surface area contributed by atoms with Gasteiger partial charge in [-0.05, 0) is 18.2 Å². The first kappa shape index (κ1) is 17.7. The Morgan fingerprint density at radius 1 is 1.44 bits per heavy atom. The Morgan fingerprint density at radius 2 is 2.20 bits per heavy atom. The van der Waals surface area contributed by atoms with Gasteiger partial charge in [0.15, 0.2) is 0 Å². The molecule has 3 rings (SSSR count). The number of amides is 1. The van der Waals surface area contributed by atoms with Crippen molar-refractivity contribution in [2.24, 2.45) is 5.92 Å². The minimum absolute atomic E-state index is 0.204. The van der Waals surface area contributed by atoms with Crippen LogP contribution < -0.4 is 10.2 Å². The second-order valence-electron chi connectivity index (χ2n) is 6.04. The molecule has 0 radical (unpaired) electrons. The molecule has 0 saturated carbocycles. The highest BCUT2D eigenvalue weighted by Crippen LogP contribution is 2.24. The summed E-state index contributed by atoms with van der Waals surface area (Å²) in [5, 5.41) is 7.32. The van der Waals surface area contributed by atoms with E-state index in [9.17, 15) is 9.18 Å². The number of aromatic nitrogens is 2. The molecule has 1 saturated heterocycles. The van der Waals surface area contributed by atoms with Crippen LogP contribution in [0.3, 0.4) is 0 Å². The van der Waals surface area contributed by atoms with Crippen LogP contribution in [0, 0.1) is 11.7 Å². The molecule has 0 unspecified atom stereocenters. The zero-order valence-electron chi connectivity index (χ0n) is 13.9. The molecule has 1 aliphatic rings. The molecule has 8 heteroatoms. The first-order valence-corrected chi connectivity index (χ1v) is 8.52. The van der Waals surface area contributed by atoms with Crippen molar-refractivity contribution in [3.05, 3.63) is 41.4 Å². The summed E-state index contributed by atoms with van der Waals surface area (Å²) >= 11 is 5.81. The number of nitrogens with one attached hydrogen (secondary N) is 1. The fourth-order valence-electron chi connectivity index (χ4n) is 2.71. The van der Waals surface area contributed by atoms with Crippen LogP contribution in [0.4, 0.5) is 15.8 Å². The number of morpholine rings is 1. The smallest absolute Gasteiger partial charge is 0.229 e. The van der Waals surface area contributed by atoms with Gasteiger partial charge >= 0.3 is 0 Å². The lowest BCUT2D eigenvalue weighted by atomic mass is 10.1. The number of halogens is 2. The molecule has 6 nitrogen and oxygen atoms in total. The van der Waals surface area contributed by atoms with E-state index >= 15 is 0 Å². The van der Waals surface area contributed by atoms with E-state index in [0.717, 1.165) is 0 Å². The van der Waals surface area contributed by atoms with Crippen LogP contribution in [0.2, 0.25) is 5.02 Å². The van der Waals surface area contributed by atoms with Gasteiger partial charge in [-0.2, -0.15) is 5.10 Å². The van der Waals surface area contributed by atoms with Crippen LogP contribution in [0.5, 0.6) is 0 Å². The molecular weight excluding hydrogens is 347 g/mol. The molecule has 1 aromatic carbocycles. The van der Waals surface area contributed by atoms with E-state index in [1.54, 1.807) is 29.9 Å². The van der Waals surface area contributed by atoms with E-state index in [0.29, 0.717) is 49.2 Å². The number of carbonyl (C=O) groups excluding carboxylic acids is 1. The number of carbonyl (C=O) groups is 1. The maximum atomic E-state index is 14.4. The van der Waals surface area contributed by atoms with Gasteiger partial charge < -0.3 is 15.0 Å². The minimum Gasteiger partial charge on any atom is -0.378 e. The predicted molar refractivity (Wildman–Crippen MR) is 94.5 cm³/mol. The van der Waals surface area contributed by atoms with Crippen molar-refractivity contribution in [3.63, 3.8) is 0 Å². The lowest BCUT2D eigenvalue weighted by Crippen LogP contribution is -2.36. The highest BCUT2D eigenvalue weighted by atomic mass is 35.5. The van der Waals surface area contributed by atoms with Crippen LogP contribution in [-0.4, -0.2) is 42.0 Å². The van der Waals surface area contributed by atoms with Crippen molar-refractivity contribution in [2.75, 3.05) is 36.5 Å². The van der Waals surface area contributed by atoms with Crippen molar-refractivity contribution in [1.82, 2.24) is 9.78 Å². The average molecular weight is 367 g/mol. The normalized spacial score (nSPS) is 15.9. The van der Waals surface area contributed by atoms with E-state index in [2.05, 4.69) is 10.4 Å². The van der Waals surface area contributed by atoms with Crippen molar-refractivity contribution in [3.8, 4) is 0 Å². The molecule has 0 bridgehead atoms. The van der Waals surface area contributed by atoms with Gasteiger partial charge in [0.05, 0.1) is 42.6 Å². The summed E-state index contributed by atoms with van der Waals surface area (Å²) in [5.41, 5.74) is 0.963. The SMILES string of the molecule is C[C@H](Cn1cc(Cl)cn1)C(=O)Nc1ccc(N2CCOCC2)c(F)c1. The number of ether oxygens (including phenoxy) is 1. The van der Waals surface area contributed by atoms with Crippen molar-refractivity contribution >= 4 is 28.9 Å². The number of nitrogens with zero attached hydrogens (tertiary/aromatic N) is 3. The van der Waals surface area contributed by atoms with Crippen LogP contribution in [-0.2, 0) is 16.1 Å². The number of hydrogen-bond acceptors (Lipinski definition) is 4. The topological polar surface area (TPSA) is 59.4 Å². The van der Waals surface area contributed by atoms with E-state index in [-0.39, 0.29) is 17.6 Å². The van der Waals surface area contributed by atoms with E-state index in [1.807, 2.05) is 4.90 Å². The van der Waals surface area contributed by atoms with E-state index in [1.165, 1.54) is 12.3 Å². The lowest BCUT2D eigenvalue weighted by Gasteiger charge is -2.29. The molecule has 1 atom stereocenters. The molecule has 0 aliphatic carbocycles. The molecule has 25 heavy (non-hydrogen) atoms. The molecule has 1 aromatic heterocycles. The van der Waals surface area contributed by atoms with Crippen LogP contribution in [0.15, 0.2) is 30.6 Å². The quantitative estimate of drug-likeness (QED) is 0.884. The maximum absolute atomic E-state index is 14.4. The van der Waals surface area contributed by atoms with E-state index in [4.69, 9.17) is 16.3 Å². The predicted octanol–water partition coefficient (Wildman–Crippen LogP) is 2.79. The number of rotatable bonds is 5. The van der Waals surface area contributed by atoms with Gasteiger partial charge in [0, 0.05) is 25.0 Å². The summed E-state index contributed by atoms with van der Waals surface area (Å²) in [5.74, 6) is -0.894. The molecule has 0 spiro atoms. The van der Waals surface area contributed by atoms with Gasteiger partial charge in [0.1, 0.15) is 5.82 Å². The van der Waals surface area contributed by atoms with Crippen LogP contribution in [0.25, 0.3) is 0 Å². The monoisotopic (exact) mass is 366 g/mol. The molecule has 2 aromatic rings. The summed E-state index contributed by atoms with van der Waals surface area (Å²) in [6.45, 7) is 4.67. The summed E-state index contributed by atoms with van der Waals surface area (Å²) in [4.78, 5) is 14.2. The minimum atomic E-state index is -0.355. The number of benzene rings is 1. The molecule has 2 heterocycles. The standard InChI is InChI=1S/C17H20ClFN4O2/c1-12(10-23-11-13(18)9-20-23)17(24)21-14-2-3-16(15(19)8-14)22-4-6-25-7-5-22/h2-3,8-9,11-12H,4-7,10H2,1H3,(H,21,24)/t12-/m1/s1. The van der Waals surface area contributed by atoms with Gasteiger partial charge in [-0.15, -0.1) is 0 Å². The highest BCUT2D eigenvalue weighted by molar-refractivity contribution is 6.30. The van der Waals surface area contributed by atoms with Gasteiger partial charge in [-0.3, -0.25) is 9.48 Å². The average Bonchev–Trinajstić information content (AvgIpc) is 3.00. The summed E-state index contributed by atoms with van der Waals surface area (Å²) in [7, 11) is 0. The Bertz CT molecular complexity index is 746. The third-order valence-corrected chi connectivity index (χ3v) is 4.27. The van der Waals surface area contributed by atoms with Crippen molar-refractivity contribution < 1.29 is 13.9 Å². The molecule has 134 valence electrons. The molecule has 1 fully saturated rings. The first-order valence-electron chi connectivity index (χ1n) is 8.14. The highest BCUT2D eigenvalue weighted by Gasteiger charge is 2.18. The largest absolute Gasteiger partial charge is 0.378 e. The molecule has 1 N–H and O–H groups in total. The summed E-state index contributed by atoms with van der Waals surface area (Å²) < 4.78 is 21.3. The Balaban J connectivity index is 1.61. The fraction of sp³-hybridized carbons (Fsp3) is 0.412. The third kappa shape index (κ3) is 4.49. The van der Waals surface area contributed by atoms with Gasteiger partial charge in [-0.1, -0.05) is 18.5 Å². The Kier molecular flexibility index (Phi) is 5.55. The Labute approximate surface area is 150 Å². The summed E-state index contributed by atoms with van der Waals surface area (Å²) in [6, 6.07) is 4.75. The van der Waals surface area contributed by atoms with Crippen molar-refractivity contribution in [2.45, 2.75) is 13.5 Å². The summed E-state index contributed by atoms with van der Waals surface area (Å²) in [6.07, 6.45) is 3.17. The maximum Gasteiger partial charge on any atom is 0.229 e. The van der Waals surface area contributed by atoms with Gasteiger partial charge in [0.25, 0.3) is 0 Å². The van der Waals surface area contributed by atoms with Gasteiger partial charge in [-0.25, -0.2) is 4.39 Å². The zero-order valence-corrected chi connectivity index (χ0v) is 14.7. The second-order valence-corrected chi connectivity index (χ2v) is 6.47. The second kappa shape index (κ2) is 7.84. The third-order valence-electron chi connectivity index (χ3n) is 4.08. The van der Waals surface area contributed by atoms with Crippen molar-refractivity contribution in [1.29, 1.82) is 0 Å². The van der Waals surface area contributed by atoms with Crippen LogP contribution in [0.1, 0.15) is 6.92 Å². The fourth-order valence-corrected chi connectivity index (χ4v) is 2.87. The van der Waals surface area contributed by atoms with E-state index < -0.39 is 0 Å². The molecule has 1 amide bonds. The van der Waals surface area contributed by atoms with Crippen LogP contribution >= 0.6 is 11.6 Å². The molecule has 1 aliphatic heterocycles. The Morgan fingerprint density at radius 3 is 2.84 bits per heavy atom. The zero-order chi connectivity index (χ0) is 17.8. The molecular formula is C17H20ClFN4O2. The lowest BCUT2D eigenvalue weighted by molar-refractivity contribution is -0.119. The Hall–Kier alpha value is -2.12. The number of hydrogen-bond donors (Lipinski definition) is 1. The first-order chi connectivity index (χ1) is 12.0. The number of anilines is 2.